The Morgan fingerprint density at radius 3 is 2.45 bits per heavy atom. The lowest BCUT2D eigenvalue weighted by Crippen LogP contribution is -2.46. The molecule has 1 fully saturated rings. The monoisotopic (exact) mass is 444 g/mol. The van der Waals surface area contributed by atoms with Crippen molar-refractivity contribution < 1.29 is 14.3 Å². The van der Waals surface area contributed by atoms with Crippen LogP contribution in [0.1, 0.15) is 20.3 Å². The van der Waals surface area contributed by atoms with E-state index in [-0.39, 0.29) is 37.1 Å². The maximum atomic E-state index is 12.1. The molecular weight excluding hydrogens is 415 g/mol. The summed E-state index contributed by atoms with van der Waals surface area (Å²) >= 11 is 11.8. The van der Waals surface area contributed by atoms with Crippen molar-refractivity contribution in [2.45, 2.75) is 32.5 Å². The molecule has 0 saturated carbocycles. The van der Waals surface area contributed by atoms with E-state index in [0.717, 1.165) is 26.1 Å². The molecule has 162 valence electrons. The van der Waals surface area contributed by atoms with E-state index in [1.807, 2.05) is 0 Å². The highest BCUT2D eigenvalue weighted by atomic mass is 35.5. The smallest absolute Gasteiger partial charge is 0.238 e. The van der Waals surface area contributed by atoms with Crippen LogP contribution in [0.5, 0.6) is 0 Å². The third kappa shape index (κ3) is 8.88. The fourth-order valence-electron chi connectivity index (χ4n) is 3.37. The molecule has 1 saturated heterocycles. The van der Waals surface area contributed by atoms with Crippen LogP contribution in [0.2, 0.25) is 10.0 Å². The van der Waals surface area contributed by atoms with Crippen LogP contribution in [-0.2, 0) is 14.3 Å². The van der Waals surface area contributed by atoms with Crippen molar-refractivity contribution in [1.82, 2.24) is 15.1 Å². The number of carbonyl (C=O) groups excluding carboxylic acids is 2. The predicted octanol–water partition coefficient (Wildman–Crippen LogP) is 2.48. The standard InChI is InChI=1S/C20H30Cl2N4O3/c1-14-10-26(11-15(2)29-14)8-4-7-23-19(27)12-25(3)13-20(28)24-16-5-6-17(21)18(22)9-16/h5-6,9,14-15H,4,7-8,10-13H2,1-3H3,(H,23,27)(H,24,28)/t14-,15+. The molecule has 1 aromatic carbocycles. The second kappa shape index (κ2) is 11.7. The lowest BCUT2D eigenvalue weighted by molar-refractivity contribution is -0.123. The molecule has 2 rings (SSSR count). The summed E-state index contributed by atoms with van der Waals surface area (Å²) < 4.78 is 5.72. The van der Waals surface area contributed by atoms with Crippen LogP contribution in [-0.4, -0.2) is 80.1 Å². The second-order valence-electron chi connectivity index (χ2n) is 7.57. The number of ether oxygens (including phenoxy) is 1. The van der Waals surface area contributed by atoms with Crippen molar-refractivity contribution in [3.8, 4) is 0 Å². The Bertz CT molecular complexity index is 694. The molecule has 0 unspecified atom stereocenters. The first-order valence-corrected chi connectivity index (χ1v) is 10.6. The van der Waals surface area contributed by atoms with Gasteiger partial charge in [-0.25, -0.2) is 0 Å². The van der Waals surface area contributed by atoms with Crippen molar-refractivity contribution in [2.24, 2.45) is 0 Å². The van der Waals surface area contributed by atoms with Crippen LogP contribution < -0.4 is 10.6 Å². The van der Waals surface area contributed by atoms with Crippen LogP contribution in [0, 0.1) is 0 Å². The van der Waals surface area contributed by atoms with Gasteiger partial charge in [-0.1, -0.05) is 23.2 Å². The lowest BCUT2D eigenvalue weighted by atomic mass is 10.2. The predicted molar refractivity (Wildman–Crippen MR) is 117 cm³/mol. The minimum atomic E-state index is -0.228. The number of benzene rings is 1. The summed E-state index contributed by atoms with van der Waals surface area (Å²) in [5.74, 6) is -0.326. The highest BCUT2D eigenvalue weighted by Gasteiger charge is 2.21. The summed E-state index contributed by atoms with van der Waals surface area (Å²) in [6, 6.07) is 4.88. The van der Waals surface area contributed by atoms with E-state index in [0.29, 0.717) is 22.3 Å². The van der Waals surface area contributed by atoms with Gasteiger partial charge in [-0.05, 0) is 45.5 Å². The molecule has 7 nitrogen and oxygen atoms in total. The Kier molecular flexibility index (Phi) is 9.65. The Labute approximate surface area is 182 Å². The maximum Gasteiger partial charge on any atom is 0.238 e. The number of halogens is 2. The number of nitrogens with zero attached hydrogens (tertiary/aromatic N) is 2. The van der Waals surface area contributed by atoms with E-state index in [9.17, 15) is 9.59 Å². The zero-order chi connectivity index (χ0) is 21.4. The fourth-order valence-corrected chi connectivity index (χ4v) is 3.67. The van der Waals surface area contributed by atoms with Crippen LogP contribution in [0.3, 0.4) is 0 Å². The zero-order valence-electron chi connectivity index (χ0n) is 17.2. The highest BCUT2D eigenvalue weighted by molar-refractivity contribution is 6.42. The van der Waals surface area contributed by atoms with Gasteiger partial charge in [0, 0.05) is 31.9 Å². The lowest BCUT2D eigenvalue weighted by Gasteiger charge is -2.35. The number of hydrogen-bond donors (Lipinski definition) is 2. The van der Waals surface area contributed by atoms with Gasteiger partial charge in [0.25, 0.3) is 0 Å². The van der Waals surface area contributed by atoms with Crippen LogP contribution >= 0.6 is 23.2 Å². The molecule has 1 aliphatic rings. The van der Waals surface area contributed by atoms with Crippen molar-refractivity contribution >= 4 is 40.7 Å². The van der Waals surface area contributed by atoms with Crippen molar-refractivity contribution in [2.75, 3.05) is 51.6 Å². The molecule has 1 aliphatic heterocycles. The van der Waals surface area contributed by atoms with Gasteiger partial charge < -0.3 is 15.4 Å². The first-order valence-electron chi connectivity index (χ1n) is 9.81. The largest absolute Gasteiger partial charge is 0.373 e. The molecule has 1 aromatic rings. The van der Waals surface area contributed by atoms with E-state index in [1.54, 1.807) is 30.1 Å². The molecule has 2 atom stereocenters. The normalized spacial score (nSPS) is 19.9. The average molecular weight is 445 g/mol. The number of anilines is 1. The molecule has 29 heavy (non-hydrogen) atoms. The topological polar surface area (TPSA) is 73.9 Å². The fraction of sp³-hybridized carbons (Fsp3) is 0.600. The Hall–Kier alpha value is -1.38. The minimum absolute atomic E-state index is 0.0945. The number of nitrogens with one attached hydrogen (secondary N) is 2. The number of hydrogen-bond acceptors (Lipinski definition) is 5. The van der Waals surface area contributed by atoms with E-state index in [2.05, 4.69) is 29.4 Å². The van der Waals surface area contributed by atoms with Crippen LogP contribution in [0.4, 0.5) is 5.69 Å². The second-order valence-corrected chi connectivity index (χ2v) is 8.38. The number of amides is 2. The molecule has 0 radical (unpaired) electrons. The molecule has 1 heterocycles. The van der Waals surface area contributed by atoms with Gasteiger partial charge in [0.2, 0.25) is 11.8 Å². The molecule has 0 spiro atoms. The van der Waals surface area contributed by atoms with Crippen molar-refractivity contribution in [3.63, 3.8) is 0 Å². The Morgan fingerprint density at radius 2 is 1.79 bits per heavy atom. The Balaban J connectivity index is 1.61. The first kappa shape index (κ1) is 23.9. The molecule has 0 bridgehead atoms. The van der Waals surface area contributed by atoms with Gasteiger partial charge in [-0.15, -0.1) is 0 Å². The van der Waals surface area contributed by atoms with Crippen LogP contribution in [0.15, 0.2) is 18.2 Å². The number of rotatable bonds is 9. The molecule has 9 heteroatoms. The summed E-state index contributed by atoms with van der Waals surface area (Å²) in [6.07, 6.45) is 1.38. The van der Waals surface area contributed by atoms with Gasteiger partial charge >= 0.3 is 0 Å². The molecule has 0 aliphatic carbocycles. The molecule has 0 aromatic heterocycles. The van der Waals surface area contributed by atoms with Gasteiger partial charge in [0.05, 0.1) is 35.3 Å². The number of carbonyl (C=O) groups is 2. The third-order valence-electron chi connectivity index (χ3n) is 4.50. The van der Waals surface area contributed by atoms with Gasteiger partial charge in [-0.3, -0.25) is 19.4 Å². The van der Waals surface area contributed by atoms with E-state index < -0.39 is 0 Å². The van der Waals surface area contributed by atoms with Gasteiger partial charge in [0.1, 0.15) is 0 Å². The van der Waals surface area contributed by atoms with Crippen LogP contribution in [0.25, 0.3) is 0 Å². The number of morpholine rings is 1. The average Bonchev–Trinajstić information content (AvgIpc) is 2.61. The van der Waals surface area contributed by atoms with E-state index in [4.69, 9.17) is 27.9 Å². The summed E-state index contributed by atoms with van der Waals surface area (Å²) in [4.78, 5) is 28.2. The number of likely N-dealkylation sites (N-methyl/N-ethyl adjacent to an activating group) is 1. The molecule has 2 N–H and O–H groups in total. The first-order chi connectivity index (χ1) is 13.7. The summed E-state index contributed by atoms with van der Waals surface area (Å²) in [6.45, 7) is 7.81. The third-order valence-corrected chi connectivity index (χ3v) is 5.24. The van der Waals surface area contributed by atoms with E-state index in [1.165, 1.54) is 0 Å². The van der Waals surface area contributed by atoms with Gasteiger partial charge in [-0.2, -0.15) is 0 Å². The molecule has 2 amide bonds. The molecular formula is C20H30Cl2N4O3. The minimum Gasteiger partial charge on any atom is -0.373 e. The SMILES string of the molecule is C[C@@H]1CN(CCCNC(=O)CN(C)CC(=O)Nc2ccc(Cl)c(Cl)c2)C[C@H](C)O1. The van der Waals surface area contributed by atoms with E-state index >= 15 is 0 Å². The Morgan fingerprint density at radius 1 is 1.14 bits per heavy atom. The zero-order valence-corrected chi connectivity index (χ0v) is 18.7. The summed E-state index contributed by atoms with van der Waals surface area (Å²) in [5, 5.41) is 6.45. The summed E-state index contributed by atoms with van der Waals surface area (Å²) in [7, 11) is 1.73. The quantitative estimate of drug-likeness (QED) is 0.572. The van der Waals surface area contributed by atoms with Crippen molar-refractivity contribution in [1.29, 1.82) is 0 Å². The summed E-state index contributed by atoms with van der Waals surface area (Å²) in [5.41, 5.74) is 0.564. The highest BCUT2D eigenvalue weighted by Crippen LogP contribution is 2.24. The maximum absolute atomic E-state index is 12.1. The van der Waals surface area contributed by atoms with Gasteiger partial charge in [0.15, 0.2) is 0 Å². The van der Waals surface area contributed by atoms with Crippen molar-refractivity contribution in [3.05, 3.63) is 28.2 Å².